The predicted molar refractivity (Wildman–Crippen MR) is 72.6 cm³/mol. The van der Waals surface area contributed by atoms with E-state index in [0.717, 1.165) is 26.2 Å². The van der Waals surface area contributed by atoms with E-state index >= 15 is 0 Å². The maximum Gasteiger partial charge on any atom is 0.0765 e. The molecule has 98 valence electrons. The third-order valence-electron chi connectivity index (χ3n) is 3.20. The second-order valence-electron chi connectivity index (χ2n) is 4.90. The molecular formula is C12H23ClN4. The van der Waals surface area contributed by atoms with Crippen LogP contribution in [0.2, 0.25) is 0 Å². The van der Waals surface area contributed by atoms with Crippen LogP contribution in [0.4, 0.5) is 0 Å². The molecular weight excluding hydrogens is 236 g/mol. The third-order valence-corrected chi connectivity index (χ3v) is 3.20. The number of hydrogen-bond acceptors (Lipinski definition) is 3. The van der Waals surface area contributed by atoms with Gasteiger partial charge in [-0.15, -0.1) is 12.4 Å². The van der Waals surface area contributed by atoms with Crippen molar-refractivity contribution in [1.29, 1.82) is 0 Å². The Bertz CT molecular complexity index is 337. The normalized spacial score (nSPS) is 21.5. The van der Waals surface area contributed by atoms with Crippen molar-refractivity contribution in [1.82, 2.24) is 20.0 Å². The molecule has 0 bridgehead atoms. The minimum Gasteiger partial charge on any atom is -0.314 e. The van der Waals surface area contributed by atoms with Crippen molar-refractivity contribution in [3.63, 3.8) is 0 Å². The number of aromatic nitrogens is 2. The van der Waals surface area contributed by atoms with Gasteiger partial charge in [-0.05, 0) is 26.8 Å². The van der Waals surface area contributed by atoms with E-state index in [2.05, 4.69) is 48.3 Å². The first-order valence-electron chi connectivity index (χ1n) is 6.15. The first kappa shape index (κ1) is 14.5. The summed E-state index contributed by atoms with van der Waals surface area (Å²) in [6.07, 6.45) is 2.08. The lowest BCUT2D eigenvalue weighted by Gasteiger charge is -2.33. The average molecular weight is 259 g/mol. The zero-order valence-corrected chi connectivity index (χ0v) is 11.7. The first-order chi connectivity index (χ1) is 7.66. The van der Waals surface area contributed by atoms with E-state index in [1.807, 2.05) is 4.68 Å². The zero-order valence-electron chi connectivity index (χ0n) is 10.9. The standard InChI is InChI=1S/C12H22N4.ClH/c1-10(2)16-6-4-12(14-16)9-15-7-5-13-8-11(15)3;/h4,6,10-11,13H,5,7-9H2,1-3H3;1H/t11-;/m0./s1. The van der Waals surface area contributed by atoms with Crippen LogP contribution in [0.3, 0.4) is 0 Å². The van der Waals surface area contributed by atoms with E-state index in [1.165, 1.54) is 5.69 Å². The lowest BCUT2D eigenvalue weighted by atomic mass is 10.2. The van der Waals surface area contributed by atoms with Gasteiger partial charge in [-0.2, -0.15) is 5.10 Å². The van der Waals surface area contributed by atoms with Gasteiger partial charge in [-0.3, -0.25) is 9.58 Å². The first-order valence-corrected chi connectivity index (χ1v) is 6.15. The van der Waals surface area contributed by atoms with Gasteiger partial charge in [0.1, 0.15) is 0 Å². The molecule has 0 unspecified atom stereocenters. The van der Waals surface area contributed by atoms with Crippen LogP contribution >= 0.6 is 12.4 Å². The number of hydrogen-bond donors (Lipinski definition) is 1. The van der Waals surface area contributed by atoms with Crippen LogP contribution in [0, 0.1) is 0 Å². The van der Waals surface area contributed by atoms with E-state index in [-0.39, 0.29) is 12.4 Å². The molecule has 1 aromatic heterocycles. The van der Waals surface area contributed by atoms with Crippen LogP contribution in [0.15, 0.2) is 12.3 Å². The summed E-state index contributed by atoms with van der Waals surface area (Å²) in [5.41, 5.74) is 1.18. The van der Waals surface area contributed by atoms with Crippen molar-refractivity contribution in [3.05, 3.63) is 18.0 Å². The van der Waals surface area contributed by atoms with Crippen molar-refractivity contribution in [2.24, 2.45) is 0 Å². The van der Waals surface area contributed by atoms with Crippen molar-refractivity contribution in [3.8, 4) is 0 Å². The highest BCUT2D eigenvalue weighted by Gasteiger charge is 2.18. The highest BCUT2D eigenvalue weighted by molar-refractivity contribution is 5.85. The van der Waals surface area contributed by atoms with Gasteiger partial charge in [0.2, 0.25) is 0 Å². The van der Waals surface area contributed by atoms with E-state index in [9.17, 15) is 0 Å². The van der Waals surface area contributed by atoms with Crippen LogP contribution in [-0.4, -0.2) is 40.4 Å². The highest BCUT2D eigenvalue weighted by Crippen LogP contribution is 2.10. The summed E-state index contributed by atoms with van der Waals surface area (Å²) in [6.45, 7) is 10.9. The Kier molecular flexibility index (Phi) is 5.43. The van der Waals surface area contributed by atoms with Gasteiger partial charge < -0.3 is 5.32 Å². The van der Waals surface area contributed by atoms with Gasteiger partial charge in [0, 0.05) is 44.5 Å². The van der Waals surface area contributed by atoms with Crippen LogP contribution in [0.1, 0.15) is 32.5 Å². The van der Waals surface area contributed by atoms with Crippen LogP contribution < -0.4 is 5.32 Å². The molecule has 1 atom stereocenters. The topological polar surface area (TPSA) is 33.1 Å². The molecule has 0 aromatic carbocycles. The van der Waals surface area contributed by atoms with Gasteiger partial charge in [-0.25, -0.2) is 0 Å². The molecule has 0 radical (unpaired) electrons. The van der Waals surface area contributed by atoms with E-state index in [0.29, 0.717) is 12.1 Å². The largest absolute Gasteiger partial charge is 0.314 e. The molecule has 1 saturated heterocycles. The number of nitrogens with zero attached hydrogens (tertiary/aromatic N) is 3. The predicted octanol–water partition coefficient (Wildman–Crippen LogP) is 1.68. The minimum absolute atomic E-state index is 0. The molecule has 5 heteroatoms. The van der Waals surface area contributed by atoms with Crippen LogP contribution in [0.5, 0.6) is 0 Å². The Morgan fingerprint density at radius 1 is 1.53 bits per heavy atom. The van der Waals surface area contributed by atoms with Crippen molar-refractivity contribution < 1.29 is 0 Å². The smallest absolute Gasteiger partial charge is 0.0765 e. The summed E-state index contributed by atoms with van der Waals surface area (Å²) >= 11 is 0. The molecule has 1 fully saturated rings. The summed E-state index contributed by atoms with van der Waals surface area (Å²) in [6, 6.07) is 3.20. The fourth-order valence-electron chi connectivity index (χ4n) is 2.08. The van der Waals surface area contributed by atoms with Gasteiger partial charge in [-0.1, -0.05) is 0 Å². The average Bonchev–Trinajstić information content (AvgIpc) is 2.70. The molecule has 1 aliphatic rings. The Labute approximate surface area is 110 Å². The number of halogens is 1. The summed E-state index contributed by atoms with van der Waals surface area (Å²) in [5.74, 6) is 0. The molecule has 4 nitrogen and oxygen atoms in total. The number of rotatable bonds is 3. The van der Waals surface area contributed by atoms with Crippen molar-refractivity contribution >= 4 is 12.4 Å². The molecule has 0 aliphatic carbocycles. The monoisotopic (exact) mass is 258 g/mol. The van der Waals surface area contributed by atoms with Gasteiger partial charge in [0.05, 0.1) is 5.69 Å². The molecule has 0 saturated carbocycles. The number of piperazine rings is 1. The SMILES string of the molecule is CC(C)n1ccc(CN2CCNC[C@@H]2C)n1.Cl. The number of nitrogens with one attached hydrogen (secondary N) is 1. The fraction of sp³-hybridized carbons (Fsp3) is 0.750. The quantitative estimate of drug-likeness (QED) is 0.896. The lowest BCUT2D eigenvalue weighted by molar-refractivity contribution is 0.163. The molecule has 1 aliphatic heterocycles. The molecule has 17 heavy (non-hydrogen) atoms. The summed E-state index contributed by atoms with van der Waals surface area (Å²) in [4.78, 5) is 2.49. The minimum atomic E-state index is 0. The summed E-state index contributed by atoms with van der Waals surface area (Å²) in [7, 11) is 0. The Morgan fingerprint density at radius 3 is 2.88 bits per heavy atom. The molecule has 2 rings (SSSR count). The molecule has 1 N–H and O–H groups in total. The van der Waals surface area contributed by atoms with E-state index < -0.39 is 0 Å². The zero-order chi connectivity index (χ0) is 11.5. The molecule has 0 spiro atoms. The third kappa shape index (κ3) is 3.69. The van der Waals surface area contributed by atoms with Gasteiger partial charge in [0.15, 0.2) is 0 Å². The maximum absolute atomic E-state index is 4.59. The van der Waals surface area contributed by atoms with Crippen molar-refractivity contribution in [2.75, 3.05) is 19.6 Å². The second kappa shape index (κ2) is 6.38. The fourth-order valence-corrected chi connectivity index (χ4v) is 2.08. The highest BCUT2D eigenvalue weighted by atomic mass is 35.5. The molecule has 1 aromatic rings. The van der Waals surface area contributed by atoms with Gasteiger partial charge in [0.25, 0.3) is 0 Å². The molecule has 2 heterocycles. The Balaban J connectivity index is 0.00000144. The van der Waals surface area contributed by atoms with E-state index in [1.54, 1.807) is 0 Å². The second-order valence-corrected chi connectivity index (χ2v) is 4.90. The lowest BCUT2D eigenvalue weighted by Crippen LogP contribution is -2.49. The summed E-state index contributed by atoms with van der Waals surface area (Å²) < 4.78 is 2.03. The Morgan fingerprint density at radius 2 is 2.29 bits per heavy atom. The summed E-state index contributed by atoms with van der Waals surface area (Å²) in [5, 5.41) is 8.00. The van der Waals surface area contributed by atoms with E-state index in [4.69, 9.17) is 0 Å². The van der Waals surface area contributed by atoms with Crippen LogP contribution in [0.25, 0.3) is 0 Å². The Hall–Kier alpha value is -0.580. The molecule has 0 amide bonds. The van der Waals surface area contributed by atoms with Crippen LogP contribution in [-0.2, 0) is 6.54 Å². The van der Waals surface area contributed by atoms with Crippen molar-refractivity contribution in [2.45, 2.75) is 39.4 Å². The van der Waals surface area contributed by atoms with Gasteiger partial charge >= 0.3 is 0 Å². The maximum atomic E-state index is 4.59.